The van der Waals surface area contributed by atoms with Gasteiger partial charge in [0.1, 0.15) is 0 Å². The van der Waals surface area contributed by atoms with Crippen LogP contribution in [0.15, 0.2) is 79.0 Å². The molecule has 0 aromatic heterocycles. The predicted molar refractivity (Wildman–Crippen MR) is 127 cm³/mol. The first-order valence-corrected chi connectivity index (χ1v) is 11.6. The van der Waals surface area contributed by atoms with E-state index >= 15 is 0 Å². The molecule has 0 saturated carbocycles. The molecule has 0 aromatic carbocycles. The van der Waals surface area contributed by atoms with Crippen LogP contribution in [0.5, 0.6) is 0 Å². The monoisotopic (exact) mass is 377 g/mol. The zero-order valence-corrected chi connectivity index (χ0v) is 17.9. The Balaban J connectivity index is 2.31. The minimum absolute atomic E-state index is 1.08. The van der Waals surface area contributed by atoms with Crippen LogP contribution in [0.2, 0.25) is 0 Å². The Bertz CT molecular complexity index is 474. The molecule has 1 radical (unpaired) electrons. The van der Waals surface area contributed by atoms with E-state index in [0.29, 0.717) is 0 Å². The highest BCUT2D eigenvalue weighted by Crippen LogP contribution is 2.13. The molecule has 0 unspecified atom stereocenters. The summed E-state index contributed by atoms with van der Waals surface area (Å²) < 4.78 is 0. The van der Waals surface area contributed by atoms with Crippen molar-refractivity contribution in [2.75, 3.05) is 0 Å². The SMILES string of the molecule is [C]1=C\C=C/C=C\C=C/C=C\C=C/C=CCCCCCCCCCCCCCC1. The van der Waals surface area contributed by atoms with Gasteiger partial charge in [0.2, 0.25) is 0 Å². The molecule has 0 aromatic rings. The van der Waals surface area contributed by atoms with E-state index in [0.717, 1.165) is 6.42 Å². The quantitative estimate of drug-likeness (QED) is 0.394. The van der Waals surface area contributed by atoms with Crippen LogP contribution in [0.3, 0.4) is 0 Å². The van der Waals surface area contributed by atoms with Gasteiger partial charge in [-0.05, 0) is 31.8 Å². The van der Waals surface area contributed by atoms with Crippen molar-refractivity contribution in [1.82, 2.24) is 0 Å². The Kier molecular flexibility index (Phi) is 18.6. The highest BCUT2D eigenvalue weighted by molar-refractivity contribution is 5.20. The van der Waals surface area contributed by atoms with Crippen molar-refractivity contribution in [3.8, 4) is 0 Å². The zero-order valence-electron chi connectivity index (χ0n) is 17.9. The van der Waals surface area contributed by atoms with Crippen molar-refractivity contribution in [2.45, 2.75) is 89.9 Å². The molecule has 0 amide bonds. The van der Waals surface area contributed by atoms with E-state index in [1.807, 2.05) is 18.2 Å². The molecule has 28 heavy (non-hydrogen) atoms. The van der Waals surface area contributed by atoms with Crippen LogP contribution in [0, 0.1) is 6.08 Å². The Morgan fingerprint density at radius 3 is 1.29 bits per heavy atom. The Labute approximate surface area is 175 Å². The van der Waals surface area contributed by atoms with Gasteiger partial charge in [0.25, 0.3) is 0 Å². The molecular formula is C28H41. The van der Waals surface area contributed by atoms with Gasteiger partial charge in [-0.3, -0.25) is 0 Å². The van der Waals surface area contributed by atoms with E-state index in [1.165, 1.54) is 83.5 Å². The summed E-state index contributed by atoms with van der Waals surface area (Å²) in [6, 6.07) is 0. The molecule has 0 N–H and O–H groups in total. The first-order valence-electron chi connectivity index (χ1n) is 11.6. The average Bonchev–Trinajstić information content (AvgIpc) is 2.71. The van der Waals surface area contributed by atoms with Crippen LogP contribution < -0.4 is 0 Å². The summed E-state index contributed by atoms with van der Waals surface area (Å²) in [6.45, 7) is 0. The van der Waals surface area contributed by atoms with Crippen molar-refractivity contribution in [3.63, 3.8) is 0 Å². The molecule has 0 spiro atoms. The van der Waals surface area contributed by atoms with Gasteiger partial charge in [-0.15, -0.1) is 0 Å². The summed E-state index contributed by atoms with van der Waals surface area (Å²) in [5.41, 5.74) is 0. The van der Waals surface area contributed by atoms with Crippen molar-refractivity contribution in [1.29, 1.82) is 0 Å². The lowest BCUT2D eigenvalue weighted by atomic mass is 10.0. The van der Waals surface area contributed by atoms with Gasteiger partial charge in [-0.2, -0.15) is 0 Å². The summed E-state index contributed by atoms with van der Waals surface area (Å²) >= 11 is 0. The standard InChI is InChI=1S/C28H41/c1-2-4-6-8-10-12-14-16-18-20-22-24-26-28-27-25-23-21-19-17-15-13-11-9-7-5-3-1/h1-13H,14,16-28H2/b3-1-,4-2-,7-5-,8-6-,11-9-,12-10?,15-13?. The van der Waals surface area contributed by atoms with E-state index in [2.05, 4.69) is 66.8 Å². The maximum absolute atomic E-state index is 3.37. The molecule has 0 bridgehead atoms. The van der Waals surface area contributed by atoms with Crippen molar-refractivity contribution in [2.24, 2.45) is 0 Å². The molecule has 0 saturated heterocycles. The Hall–Kier alpha value is -1.82. The van der Waals surface area contributed by atoms with Crippen LogP contribution in [-0.4, -0.2) is 0 Å². The van der Waals surface area contributed by atoms with Gasteiger partial charge < -0.3 is 0 Å². The van der Waals surface area contributed by atoms with E-state index in [9.17, 15) is 0 Å². The summed E-state index contributed by atoms with van der Waals surface area (Å²) in [5, 5.41) is 0. The lowest BCUT2D eigenvalue weighted by Crippen LogP contribution is -1.83. The topological polar surface area (TPSA) is 0 Å². The minimum atomic E-state index is 1.08. The first-order chi connectivity index (χ1) is 14.0. The predicted octanol–water partition coefficient (Wildman–Crippen LogP) is 9.16. The molecule has 1 rings (SSSR count). The third-order valence-corrected chi connectivity index (χ3v) is 4.90. The fraction of sp³-hybridized carbons (Fsp3) is 0.500. The van der Waals surface area contributed by atoms with Crippen molar-refractivity contribution < 1.29 is 0 Å². The second kappa shape index (κ2) is 21.5. The number of allylic oxidation sites excluding steroid dienone is 14. The minimum Gasteiger partial charge on any atom is -0.0845 e. The molecule has 0 fully saturated rings. The van der Waals surface area contributed by atoms with Gasteiger partial charge in [-0.25, -0.2) is 0 Å². The smallest absolute Gasteiger partial charge is 0.0276 e. The van der Waals surface area contributed by atoms with E-state index < -0.39 is 0 Å². The summed E-state index contributed by atoms with van der Waals surface area (Å²) in [4.78, 5) is 0. The molecule has 0 heteroatoms. The molecule has 1 aliphatic carbocycles. The molecular weight excluding hydrogens is 336 g/mol. The first kappa shape index (κ1) is 24.2. The van der Waals surface area contributed by atoms with E-state index in [1.54, 1.807) is 0 Å². The van der Waals surface area contributed by atoms with Gasteiger partial charge >= 0.3 is 0 Å². The Morgan fingerprint density at radius 2 is 0.750 bits per heavy atom. The highest BCUT2D eigenvalue weighted by atomic mass is 14.0. The van der Waals surface area contributed by atoms with Gasteiger partial charge in [0.15, 0.2) is 0 Å². The second-order valence-corrected chi connectivity index (χ2v) is 7.50. The van der Waals surface area contributed by atoms with Gasteiger partial charge in [0, 0.05) is 0 Å². The number of hydrogen-bond donors (Lipinski definition) is 0. The zero-order chi connectivity index (χ0) is 19.8. The number of rotatable bonds is 0. The molecule has 153 valence electrons. The highest BCUT2D eigenvalue weighted by Gasteiger charge is 1.93. The maximum Gasteiger partial charge on any atom is -0.0276 e. The summed E-state index contributed by atoms with van der Waals surface area (Å²) in [7, 11) is 0. The maximum atomic E-state index is 3.37. The molecule has 0 aliphatic heterocycles. The molecule has 1 aliphatic rings. The van der Waals surface area contributed by atoms with Crippen LogP contribution in [0.25, 0.3) is 0 Å². The molecule has 0 nitrogen and oxygen atoms in total. The molecule has 0 atom stereocenters. The van der Waals surface area contributed by atoms with Crippen molar-refractivity contribution in [3.05, 3.63) is 85.1 Å². The largest absolute Gasteiger partial charge is 0.0845 e. The lowest BCUT2D eigenvalue weighted by molar-refractivity contribution is 0.541. The number of hydrogen-bond acceptors (Lipinski definition) is 0. The molecule has 0 heterocycles. The van der Waals surface area contributed by atoms with Crippen LogP contribution >= 0.6 is 0 Å². The summed E-state index contributed by atoms with van der Waals surface area (Å²) in [6.07, 6.45) is 49.5. The average molecular weight is 378 g/mol. The van der Waals surface area contributed by atoms with Crippen molar-refractivity contribution >= 4 is 0 Å². The van der Waals surface area contributed by atoms with Crippen LogP contribution in [0.4, 0.5) is 0 Å². The van der Waals surface area contributed by atoms with E-state index in [-0.39, 0.29) is 0 Å². The fourth-order valence-electron chi connectivity index (χ4n) is 3.22. The second-order valence-electron chi connectivity index (χ2n) is 7.50. The third kappa shape index (κ3) is 19.0. The van der Waals surface area contributed by atoms with E-state index in [4.69, 9.17) is 0 Å². The fourth-order valence-corrected chi connectivity index (χ4v) is 3.22. The summed E-state index contributed by atoms with van der Waals surface area (Å²) in [5.74, 6) is 0. The third-order valence-electron chi connectivity index (χ3n) is 4.90. The van der Waals surface area contributed by atoms with Gasteiger partial charge in [-0.1, -0.05) is 143 Å². The lowest BCUT2D eigenvalue weighted by Gasteiger charge is -2.02. The Morgan fingerprint density at radius 1 is 0.357 bits per heavy atom. The van der Waals surface area contributed by atoms with Gasteiger partial charge in [0.05, 0.1) is 0 Å². The normalized spacial score (nSPS) is 25.7. The van der Waals surface area contributed by atoms with Crippen LogP contribution in [-0.2, 0) is 0 Å². The van der Waals surface area contributed by atoms with Crippen LogP contribution in [0.1, 0.15) is 89.9 Å².